The zero-order valence-corrected chi connectivity index (χ0v) is 17.2. The molecular weight excluding hydrogens is 403 g/mol. The van der Waals surface area contributed by atoms with Crippen LogP contribution in [0.3, 0.4) is 0 Å². The smallest absolute Gasteiger partial charge is 0.231 e. The van der Waals surface area contributed by atoms with Crippen LogP contribution in [-0.4, -0.2) is 10.9 Å². The number of pyridine rings is 1. The Bertz CT molecular complexity index is 1220. The first kappa shape index (κ1) is 19.4. The number of hydrogen-bond acceptors (Lipinski definition) is 2. The molecule has 1 atom stereocenters. The Morgan fingerprint density at radius 3 is 2.31 bits per heavy atom. The van der Waals surface area contributed by atoms with Crippen molar-refractivity contribution in [2.75, 3.05) is 0 Å². The molecule has 0 aliphatic heterocycles. The Balaban J connectivity index is 1.92. The highest BCUT2D eigenvalue weighted by atomic mass is 35.5. The first-order valence-electron chi connectivity index (χ1n) is 9.16. The Morgan fingerprint density at radius 2 is 1.59 bits per heavy atom. The van der Waals surface area contributed by atoms with Crippen molar-refractivity contribution in [1.82, 2.24) is 4.98 Å². The molecule has 1 heterocycles. The zero-order valence-electron chi connectivity index (χ0n) is 15.7. The van der Waals surface area contributed by atoms with Crippen LogP contribution in [-0.2, 0) is 4.79 Å². The fourth-order valence-electron chi connectivity index (χ4n) is 3.69. The quantitative estimate of drug-likeness (QED) is 0.431. The van der Waals surface area contributed by atoms with E-state index in [9.17, 15) is 4.79 Å². The van der Waals surface area contributed by atoms with Gasteiger partial charge < -0.3 is 5.73 Å². The first-order valence-corrected chi connectivity index (χ1v) is 9.92. The van der Waals surface area contributed by atoms with Crippen LogP contribution in [0, 0.1) is 6.92 Å². The monoisotopic (exact) mass is 420 g/mol. The van der Waals surface area contributed by atoms with Gasteiger partial charge in [-0.25, -0.2) is 0 Å². The normalized spacial score (nSPS) is 12.1. The third-order valence-corrected chi connectivity index (χ3v) is 5.69. The van der Waals surface area contributed by atoms with Crippen LogP contribution in [0.1, 0.15) is 22.7 Å². The van der Waals surface area contributed by atoms with Crippen LogP contribution >= 0.6 is 23.2 Å². The third kappa shape index (κ3) is 3.59. The molecule has 5 heteroatoms. The van der Waals surface area contributed by atoms with Crippen molar-refractivity contribution in [1.29, 1.82) is 0 Å². The predicted octanol–water partition coefficient (Wildman–Crippen LogP) is 6.13. The second-order valence-electron chi connectivity index (χ2n) is 6.90. The fourth-order valence-corrected chi connectivity index (χ4v) is 4.31. The molecule has 144 valence electrons. The summed E-state index contributed by atoms with van der Waals surface area (Å²) in [5.74, 6) is -1.40. The van der Waals surface area contributed by atoms with Crippen molar-refractivity contribution in [3.63, 3.8) is 0 Å². The van der Waals surface area contributed by atoms with E-state index in [1.807, 2.05) is 31.2 Å². The van der Waals surface area contributed by atoms with Gasteiger partial charge in [0.15, 0.2) is 0 Å². The molecule has 0 spiro atoms. The third-order valence-electron chi connectivity index (χ3n) is 5.03. The number of aromatic nitrogens is 1. The molecule has 3 aromatic carbocycles. The van der Waals surface area contributed by atoms with Crippen molar-refractivity contribution in [3.05, 3.63) is 99.7 Å². The number of amides is 1. The summed E-state index contributed by atoms with van der Waals surface area (Å²) >= 11 is 12.7. The van der Waals surface area contributed by atoms with E-state index in [1.165, 1.54) is 0 Å². The number of carbonyl (C=O) groups is 1. The van der Waals surface area contributed by atoms with E-state index >= 15 is 0 Å². The van der Waals surface area contributed by atoms with Gasteiger partial charge in [-0.15, -0.1) is 0 Å². The summed E-state index contributed by atoms with van der Waals surface area (Å²) in [6, 6.07) is 23.0. The van der Waals surface area contributed by atoms with E-state index in [-0.39, 0.29) is 0 Å². The van der Waals surface area contributed by atoms with Crippen molar-refractivity contribution in [2.45, 2.75) is 12.8 Å². The molecule has 0 saturated carbocycles. The Hall–Kier alpha value is -2.88. The van der Waals surface area contributed by atoms with Crippen LogP contribution in [0.2, 0.25) is 10.0 Å². The molecule has 0 radical (unpaired) electrons. The lowest BCUT2D eigenvalue weighted by Gasteiger charge is -2.18. The minimum atomic E-state index is -0.841. The van der Waals surface area contributed by atoms with Gasteiger partial charge in [-0.3, -0.25) is 9.78 Å². The Labute approximate surface area is 179 Å². The fraction of sp³-hybridized carbons (Fsp3) is 0.0833. The number of rotatable bonds is 4. The largest absolute Gasteiger partial charge is 0.369 e. The summed E-state index contributed by atoms with van der Waals surface area (Å²) in [5.41, 5.74) is 9.63. The lowest BCUT2D eigenvalue weighted by Crippen LogP contribution is -2.24. The van der Waals surface area contributed by atoms with Gasteiger partial charge in [-0.2, -0.15) is 0 Å². The van der Waals surface area contributed by atoms with Crippen molar-refractivity contribution in [3.8, 4) is 11.3 Å². The topological polar surface area (TPSA) is 56.0 Å². The number of carbonyl (C=O) groups excluding carboxylic acids is 1. The van der Waals surface area contributed by atoms with Gasteiger partial charge in [0.05, 0.1) is 11.4 Å². The van der Waals surface area contributed by atoms with Gasteiger partial charge >= 0.3 is 0 Å². The molecule has 0 aliphatic rings. The Morgan fingerprint density at radius 1 is 0.897 bits per heavy atom. The molecule has 1 aromatic heterocycles. The molecule has 4 aromatic rings. The SMILES string of the molecule is Cc1ccc2ccccc2c1-c1cccc(C(C(N)=O)c2c(Cl)cccc2Cl)n1. The van der Waals surface area contributed by atoms with Gasteiger partial charge in [0.1, 0.15) is 5.92 Å². The molecular formula is C24H18Cl2N2O. The van der Waals surface area contributed by atoms with E-state index < -0.39 is 11.8 Å². The molecule has 0 saturated heterocycles. The van der Waals surface area contributed by atoms with Gasteiger partial charge in [0.25, 0.3) is 0 Å². The molecule has 1 amide bonds. The molecule has 3 nitrogen and oxygen atoms in total. The van der Waals surface area contributed by atoms with Gasteiger partial charge in [0.2, 0.25) is 5.91 Å². The van der Waals surface area contributed by atoms with E-state index in [1.54, 1.807) is 24.3 Å². The van der Waals surface area contributed by atoms with Crippen molar-refractivity contribution >= 4 is 39.9 Å². The van der Waals surface area contributed by atoms with E-state index in [2.05, 4.69) is 24.3 Å². The first-order chi connectivity index (χ1) is 14.0. The number of fused-ring (bicyclic) bond motifs is 1. The summed E-state index contributed by atoms with van der Waals surface area (Å²) < 4.78 is 0. The second-order valence-corrected chi connectivity index (χ2v) is 7.71. The molecule has 29 heavy (non-hydrogen) atoms. The summed E-state index contributed by atoms with van der Waals surface area (Å²) in [7, 11) is 0. The standard InChI is InChI=1S/C24H18Cl2N2O/c1-14-12-13-15-6-2-3-7-16(15)21(14)19-10-5-11-20(28-19)23(24(27)29)22-17(25)8-4-9-18(22)26/h2-13,23H,1H3,(H2,27,29). The van der Waals surface area contributed by atoms with Crippen molar-refractivity contribution < 1.29 is 4.79 Å². The Kier molecular flexibility index (Phi) is 5.27. The minimum absolute atomic E-state index is 0.384. The second kappa shape index (κ2) is 7.86. The highest BCUT2D eigenvalue weighted by molar-refractivity contribution is 6.36. The lowest BCUT2D eigenvalue weighted by atomic mass is 9.92. The van der Waals surface area contributed by atoms with Crippen LogP contribution in [0.15, 0.2) is 72.8 Å². The molecule has 0 bridgehead atoms. The molecule has 2 N–H and O–H groups in total. The maximum Gasteiger partial charge on any atom is 0.231 e. The highest BCUT2D eigenvalue weighted by Crippen LogP contribution is 2.37. The predicted molar refractivity (Wildman–Crippen MR) is 119 cm³/mol. The molecule has 1 unspecified atom stereocenters. The summed E-state index contributed by atoms with van der Waals surface area (Å²) in [5, 5.41) is 2.99. The molecule has 0 fully saturated rings. The minimum Gasteiger partial charge on any atom is -0.369 e. The van der Waals surface area contributed by atoms with Gasteiger partial charge in [0, 0.05) is 21.2 Å². The molecule has 0 aliphatic carbocycles. The highest BCUT2D eigenvalue weighted by Gasteiger charge is 2.27. The van der Waals surface area contributed by atoms with Crippen LogP contribution in [0.4, 0.5) is 0 Å². The lowest BCUT2D eigenvalue weighted by molar-refractivity contribution is -0.118. The van der Waals surface area contributed by atoms with Crippen molar-refractivity contribution in [2.24, 2.45) is 5.73 Å². The van der Waals surface area contributed by atoms with Gasteiger partial charge in [-0.05, 0) is 47.5 Å². The number of primary amides is 1. The van der Waals surface area contributed by atoms with E-state index in [0.29, 0.717) is 21.3 Å². The van der Waals surface area contributed by atoms with Gasteiger partial charge in [-0.1, -0.05) is 71.7 Å². The number of halogens is 2. The average molecular weight is 421 g/mol. The summed E-state index contributed by atoms with van der Waals surface area (Å²) in [6.45, 7) is 2.05. The van der Waals surface area contributed by atoms with Crippen LogP contribution < -0.4 is 5.73 Å². The summed E-state index contributed by atoms with van der Waals surface area (Å²) in [4.78, 5) is 17.2. The maximum atomic E-state index is 12.4. The number of aryl methyl sites for hydroxylation is 1. The number of hydrogen-bond donors (Lipinski definition) is 1. The average Bonchev–Trinajstić information content (AvgIpc) is 2.70. The molecule has 4 rings (SSSR count). The maximum absolute atomic E-state index is 12.4. The summed E-state index contributed by atoms with van der Waals surface area (Å²) in [6.07, 6.45) is 0. The number of nitrogens with two attached hydrogens (primary N) is 1. The van der Waals surface area contributed by atoms with E-state index in [0.717, 1.165) is 27.6 Å². The van der Waals surface area contributed by atoms with E-state index in [4.69, 9.17) is 33.9 Å². The zero-order chi connectivity index (χ0) is 20.5. The van der Waals surface area contributed by atoms with Crippen LogP contribution in [0.5, 0.6) is 0 Å². The number of nitrogens with zero attached hydrogens (tertiary/aromatic N) is 1. The van der Waals surface area contributed by atoms with Crippen LogP contribution in [0.25, 0.3) is 22.0 Å². The number of benzene rings is 3.